The predicted octanol–water partition coefficient (Wildman–Crippen LogP) is 6.16. The van der Waals surface area contributed by atoms with E-state index in [2.05, 4.69) is 0 Å². The molecule has 0 aliphatic carbocycles. The van der Waals surface area contributed by atoms with Gasteiger partial charge >= 0.3 is 12.4 Å². The molecule has 2 atom stereocenters. The topological polar surface area (TPSA) is 43.5 Å². The Labute approximate surface area is 208 Å². The summed E-state index contributed by atoms with van der Waals surface area (Å²) in [6.07, 6.45) is -9.93. The average Bonchev–Trinajstić information content (AvgIpc) is 3.78. The first kappa shape index (κ1) is 25.4. The molecule has 0 spiro atoms. The summed E-state index contributed by atoms with van der Waals surface area (Å²) in [4.78, 5) is 0. The van der Waals surface area contributed by atoms with Crippen molar-refractivity contribution in [3.63, 3.8) is 0 Å². The van der Waals surface area contributed by atoms with Crippen molar-refractivity contribution >= 4 is 0 Å². The van der Waals surface area contributed by atoms with E-state index in [1.54, 1.807) is 0 Å². The Morgan fingerprint density at radius 1 is 0.622 bits per heavy atom. The molecule has 2 heterocycles. The van der Waals surface area contributed by atoms with E-state index < -0.39 is 28.9 Å². The lowest BCUT2D eigenvalue weighted by Gasteiger charge is -2.38. The van der Waals surface area contributed by atoms with Gasteiger partial charge in [0.15, 0.2) is 0 Å². The molecule has 0 bridgehead atoms. The van der Waals surface area contributed by atoms with Crippen molar-refractivity contribution in [1.29, 1.82) is 0 Å². The number of epoxide rings is 2. The number of ether oxygens (including phenoxy) is 4. The third-order valence-corrected chi connectivity index (χ3v) is 6.30. The summed E-state index contributed by atoms with van der Waals surface area (Å²) < 4.78 is 107. The van der Waals surface area contributed by atoms with Gasteiger partial charge in [-0.15, -0.1) is 0 Å². The van der Waals surface area contributed by atoms with Crippen LogP contribution in [-0.2, 0) is 21.1 Å². The molecule has 0 N–H and O–H groups in total. The van der Waals surface area contributed by atoms with Crippen LogP contribution in [0, 0.1) is 0 Å². The van der Waals surface area contributed by atoms with Crippen LogP contribution in [0.2, 0.25) is 0 Å². The van der Waals surface area contributed by atoms with E-state index in [1.165, 1.54) is 48.5 Å². The molecule has 2 aliphatic heterocycles. The number of rotatable bonds is 9. The monoisotopic (exact) mass is 524 g/mol. The third-order valence-electron chi connectivity index (χ3n) is 6.30. The molecule has 0 radical (unpaired) electrons. The lowest BCUT2D eigenvalue weighted by Crippen LogP contribution is -2.44. The Kier molecular flexibility index (Phi) is 6.57. The molecule has 0 saturated carbocycles. The molecule has 0 aromatic heterocycles. The highest BCUT2D eigenvalue weighted by Crippen LogP contribution is 2.52. The maximum Gasteiger partial charge on any atom is 0.416 e. The van der Waals surface area contributed by atoms with Gasteiger partial charge in [-0.3, -0.25) is 0 Å². The molecular weight excluding hydrogens is 502 g/mol. The van der Waals surface area contributed by atoms with Crippen LogP contribution >= 0.6 is 0 Å². The van der Waals surface area contributed by atoms with Gasteiger partial charge in [0.2, 0.25) is 0 Å². The molecule has 2 unspecified atom stereocenters. The molecule has 37 heavy (non-hydrogen) atoms. The van der Waals surface area contributed by atoms with Crippen molar-refractivity contribution in [3.05, 3.63) is 95.1 Å². The first-order valence-electron chi connectivity index (χ1n) is 11.5. The van der Waals surface area contributed by atoms with E-state index in [0.29, 0.717) is 30.8 Å². The van der Waals surface area contributed by atoms with Gasteiger partial charge in [-0.25, -0.2) is 0 Å². The Hall–Kier alpha value is -3.24. The predicted molar refractivity (Wildman–Crippen MR) is 121 cm³/mol. The van der Waals surface area contributed by atoms with E-state index in [-0.39, 0.29) is 36.5 Å². The van der Waals surface area contributed by atoms with Crippen LogP contribution < -0.4 is 9.47 Å². The fourth-order valence-corrected chi connectivity index (χ4v) is 4.23. The standard InChI is InChI=1S/C27H22F6O4/c28-26(29,30)20-3-1-2-19(12-20)25(27(31,32)33,17-4-8-21(9-5-17)34-13-23-15-36-23)18-6-10-22(11-7-18)35-14-24-16-37-24/h1-12,23-24H,13-16H2. The summed E-state index contributed by atoms with van der Waals surface area (Å²) >= 11 is 0. The van der Waals surface area contributed by atoms with E-state index >= 15 is 13.2 Å². The second kappa shape index (κ2) is 9.57. The Balaban J connectivity index is 1.61. The third kappa shape index (κ3) is 5.40. The van der Waals surface area contributed by atoms with E-state index in [0.717, 1.165) is 18.2 Å². The molecule has 4 nitrogen and oxygen atoms in total. The Morgan fingerprint density at radius 3 is 1.43 bits per heavy atom. The van der Waals surface area contributed by atoms with Crippen LogP contribution in [0.3, 0.4) is 0 Å². The maximum absolute atomic E-state index is 15.2. The van der Waals surface area contributed by atoms with Gasteiger partial charge < -0.3 is 18.9 Å². The minimum absolute atomic E-state index is 0.0498. The molecule has 5 rings (SSSR count). The lowest BCUT2D eigenvalue weighted by atomic mass is 9.68. The largest absolute Gasteiger partial charge is 0.491 e. The SMILES string of the molecule is FC(F)(F)c1cccc(C(c2ccc(OCC3CO3)cc2)(c2ccc(OCC3CO3)cc2)C(F)(F)F)c1. The van der Waals surface area contributed by atoms with E-state index in [9.17, 15) is 13.2 Å². The molecule has 0 amide bonds. The number of alkyl halides is 6. The molecule has 196 valence electrons. The van der Waals surface area contributed by atoms with Crippen LogP contribution in [0.15, 0.2) is 72.8 Å². The van der Waals surface area contributed by atoms with Crippen molar-refractivity contribution in [2.45, 2.75) is 30.0 Å². The van der Waals surface area contributed by atoms with Gasteiger partial charge in [0.25, 0.3) is 0 Å². The normalized spacial score (nSPS) is 20.7. The van der Waals surface area contributed by atoms with Crippen LogP contribution in [0.4, 0.5) is 26.3 Å². The highest BCUT2D eigenvalue weighted by molar-refractivity contribution is 5.55. The van der Waals surface area contributed by atoms with Crippen LogP contribution in [0.1, 0.15) is 22.3 Å². The molecule has 2 fully saturated rings. The summed E-state index contributed by atoms with van der Waals surface area (Å²) in [5, 5.41) is 0. The second-order valence-corrected chi connectivity index (χ2v) is 8.91. The van der Waals surface area contributed by atoms with Crippen molar-refractivity contribution in [2.24, 2.45) is 0 Å². The highest BCUT2D eigenvalue weighted by Gasteiger charge is 2.58. The zero-order chi connectivity index (χ0) is 26.3. The highest BCUT2D eigenvalue weighted by atomic mass is 19.4. The van der Waals surface area contributed by atoms with Crippen LogP contribution in [0.25, 0.3) is 0 Å². The number of hydrogen-bond acceptors (Lipinski definition) is 4. The molecule has 10 heteroatoms. The maximum atomic E-state index is 15.2. The fraction of sp³-hybridized carbons (Fsp3) is 0.333. The van der Waals surface area contributed by atoms with E-state index in [1.807, 2.05) is 0 Å². The minimum Gasteiger partial charge on any atom is -0.491 e. The van der Waals surface area contributed by atoms with Crippen molar-refractivity contribution in [3.8, 4) is 11.5 Å². The summed E-state index contributed by atoms with van der Waals surface area (Å²) in [5.74, 6) is 0.649. The summed E-state index contributed by atoms with van der Waals surface area (Å²) in [5.41, 5.74) is -5.14. The number of hydrogen-bond donors (Lipinski definition) is 0. The van der Waals surface area contributed by atoms with Gasteiger partial charge in [-0.1, -0.05) is 42.5 Å². The van der Waals surface area contributed by atoms with Gasteiger partial charge in [-0.05, 0) is 47.0 Å². The molecule has 2 saturated heterocycles. The van der Waals surface area contributed by atoms with Gasteiger partial charge in [-0.2, -0.15) is 26.3 Å². The number of halogens is 6. The molecular formula is C27H22F6O4. The quantitative estimate of drug-likeness (QED) is 0.191. The minimum atomic E-state index is -5.01. The Morgan fingerprint density at radius 2 is 1.05 bits per heavy atom. The van der Waals surface area contributed by atoms with Crippen LogP contribution in [-0.4, -0.2) is 44.8 Å². The average molecular weight is 524 g/mol. The smallest absolute Gasteiger partial charge is 0.416 e. The molecule has 3 aromatic rings. The summed E-state index contributed by atoms with van der Waals surface area (Å²) in [7, 11) is 0. The first-order chi connectivity index (χ1) is 17.6. The first-order valence-corrected chi connectivity index (χ1v) is 11.5. The van der Waals surface area contributed by atoms with Gasteiger partial charge in [0, 0.05) is 0 Å². The van der Waals surface area contributed by atoms with Gasteiger partial charge in [0.1, 0.15) is 42.3 Å². The summed E-state index contributed by atoms with van der Waals surface area (Å²) in [6.45, 7) is 1.62. The second-order valence-electron chi connectivity index (χ2n) is 8.91. The lowest BCUT2D eigenvalue weighted by molar-refractivity contribution is -0.167. The molecule has 3 aromatic carbocycles. The van der Waals surface area contributed by atoms with Crippen molar-refractivity contribution in [1.82, 2.24) is 0 Å². The number of benzene rings is 3. The fourth-order valence-electron chi connectivity index (χ4n) is 4.23. The van der Waals surface area contributed by atoms with Crippen molar-refractivity contribution in [2.75, 3.05) is 26.4 Å². The molecule has 2 aliphatic rings. The zero-order valence-corrected chi connectivity index (χ0v) is 19.3. The van der Waals surface area contributed by atoms with Gasteiger partial charge in [0.05, 0.1) is 18.8 Å². The van der Waals surface area contributed by atoms with Crippen molar-refractivity contribution < 1.29 is 45.3 Å². The van der Waals surface area contributed by atoms with E-state index in [4.69, 9.17) is 18.9 Å². The van der Waals surface area contributed by atoms with Crippen LogP contribution in [0.5, 0.6) is 11.5 Å². The summed E-state index contributed by atoms with van der Waals surface area (Å²) in [6, 6.07) is 13.8. The zero-order valence-electron chi connectivity index (χ0n) is 19.3. The Bertz CT molecular complexity index is 1150.